The summed E-state index contributed by atoms with van der Waals surface area (Å²) >= 11 is 0. The Balaban J connectivity index is 2.39. The van der Waals surface area contributed by atoms with Gasteiger partial charge in [0.05, 0.1) is 12.6 Å². The average Bonchev–Trinajstić information content (AvgIpc) is 2.48. The van der Waals surface area contributed by atoms with Crippen molar-refractivity contribution in [3.8, 4) is 0 Å². The SMILES string of the molecule is CC(C)[C@H]1C=CC[C@H](C(C)C)N1[C@@H](CO)c1ccccc1. The standard InChI is InChI=1S/C19H29NO/c1-14(2)17-11-8-12-18(15(3)4)20(17)19(13-21)16-9-6-5-7-10-16/h5-11,14-15,17-19,21H,12-13H2,1-4H3/t17-,18-,19+/m1/s1. The van der Waals surface area contributed by atoms with Crippen molar-refractivity contribution in [2.45, 2.75) is 52.2 Å². The van der Waals surface area contributed by atoms with Crippen molar-refractivity contribution < 1.29 is 5.11 Å². The zero-order chi connectivity index (χ0) is 15.4. The number of hydrogen-bond acceptors (Lipinski definition) is 2. The highest BCUT2D eigenvalue weighted by molar-refractivity contribution is 5.21. The normalized spacial score (nSPS) is 24.7. The summed E-state index contributed by atoms with van der Waals surface area (Å²) < 4.78 is 0. The minimum Gasteiger partial charge on any atom is -0.394 e. The van der Waals surface area contributed by atoms with E-state index in [-0.39, 0.29) is 12.6 Å². The molecular weight excluding hydrogens is 258 g/mol. The Kier molecular flexibility index (Phi) is 5.60. The van der Waals surface area contributed by atoms with Crippen LogP contribution < -0.4 is 0 Å². The lowest BCUT2D eigenvalue weighted by Gasteiger charge is -2.47. The Labute approximate surface area is 129 Å². The molecule has 0 amide bonds. The van der Waals surface area contributed by atoms with Gasteiger partial charge in [0, 0.05) is 12.1 Å². The zero-order valence-electron chi connectivity index (χ0n) is 13.7. The van der Waals surface area contributed by atoms with E-state index in [0.29, 0.717) is 23.9 Å². The monoisotopic (exact) mass is 287 g/mol. The molecule has 0 aliphatic carbocycles. The van der Waals surface area contributed by atoms with Gasteiger partial charge in [-0.25, -0.2) is 0 Å². The minimum atomic E-state index is 0.0796. The van der Waals surface area contributed by atoms with Gasteiger partial charge in [0.2, 0.25) is 0 Å². The van der Waals surface area contributed by atoms with Crippen molar-refractivity contribution in [1.82, 2.24) is 4.90 Å². The summed E-state index contributed by atoms with van der Waals surface area (Å²) in [6, 6.07) is 11.4. The van der Waals surface area contributed by atoms with Gasteiger partial charge in [-0.05, 0) is 23.8 Å². The third-order valence-electron chi connectivity index (χ3n) is 4.61. The van der Waals surface area contributed by atoms with Crippen molar-refractivity contribution in [2.24, 2.45) is 11.8 Å². The van der Waals surface area contributed by atoms with Crippen molar-refractivity contribution in [3.05, 3.63) is 48.0 Å². The molecule has 0 radical (unpaired) electrons. The molecule has 0 saturated carbocycles. The molecule has 0 unspecified atom stereocenters. The van der Waals surface area contributed by atoms with Gasteiger partial charge in [0.1, 0.15) is 0 Å². The molecule has 1 heterocycles. The van der Waals surface area contributed by atoms with E-state index < -0.39 is 0 Å². The number of hydrogen-bond donors (Lipinski definition) is 1. The summed E-state index contributed by atoms with van der Waals surface area (Å²) in [5, 5.41) is 10.1. The van der Waals surface area contributed by atoms with E-state index in [9.17, 15) is 5.11 Å². The zero-order valence-corrected chi connectivity index (χ0v) is 13.7. The second kappa shape index (κ2) is 7.24. The van der Waals surface area contributed by atoms with Crippen LogP contribution in [0, 0.1) is 11.8 Å². The van der Waals surface area contributed by atoms with Crippen molar-refractivity contribution in [3.63, 3.8) is 0 Å². The van der Waals surface area contributed by atoms with Crippen LogP contribution in [0.5, 0.6) is 0 Å². The summed E-state index contributed by atoms with van der Waals surface area (Å²) in [7, 11) is 0. The summed E-state index contributed by atoms with van der Waals surface area (Å²) in [6.07, 6.45) is 5.73. The second-order valence-electron chi connectivity index (χ2n) is 6.77. The predicted molar refractivity (Wildman–Crippen MR) is 89.1 cm³/mol. The first-order valence-electron chi connectivity index (χ1n) is 8.16. The Bertz CT molecular complexity index is 452. The van der Waals surface area contributed by atoms with Gasteiger partial charge in [-0.15, -0.1) is 0 Å². The molecule has 0 bridgehead atoms. The first-order valence-corrected chi connectivity index (χ1v) is 8.16. The molecule has 0 saturated heterocycles. The average molecular weight is 287 g/mol. The van der Waals surface area contributed by atoms with E-state index >= 15 is 0 Å². The predicted octanol–water partition coefficient (Wildman–Crippen LogP) is 4.03. The molecule has 116 valence electrons. The summed E-state index contributed by atoms with van der Waals surface area (Å²) in [6.45, 7) is 9.28. The molecule has 1 aromatic rings. The fourth-order valence-electron chi connectivity index (χ4n) is 3.47. The van der Waals surface area contributed by atoms with Gasteiger partial charge in [-0.1, -0.05) is 70.2 Å². The lowest BCUT2D eigenvalue weighted by Crippen LogP contribution is -2.51. The van der Waals surface area contributed by atoms with Crippen LogP contribution in [0.4, 0.5) is 0 Å². The third kappa shape index (κ3) is 3.56. The van der Waals surface area contributed by atoms with E-state index in [2.05, 4.69) is 69.0 Å². The van der Waals surface area contributed by atoms with Crippen LogP contribution in [0.15, 0.2) is 42.5 Å². The van der Waals surface area contributed by atoms with Crippen LogP contribution in [0.3, 0.4) is 0 Å². The number of aliphatic hydroxyl groups excluding tert-OH is 1. The smallest absolute Gasteiger partial charge is 0.0628 e. The molecule has 1 N–H and O–H groups in total. The van der Waals surface area contributed by atoms with E-state index in [0.717, 1.165) is 6.42 Å². The van der Waals surface area contributed by atoms with E-state index in [1.807, 2.05) is 6.07 Å². The van der Waals surface area contributed by atoms with Crippen LogP contribution in [0.1, 0.15) is 45.7 Å². The number of aliphatic hydroxyl groups is 1. The third-order valence-corrected chi connectivity index (χ3v) is 4.61. The van der Waals surface area contributed by atoms with Crippen LogP contribution in [-0.2, 0) is 0 Å². The van der Waals surface area contributed by atoms with Crippen LogP contribution in [-0.4, -0.2) is 28.7 Å². The molecular formula is C19H29NO. The fourth-order valence-corrected chi connectivity index (χ4v) is 3.47. The van der Waals surface area contributed by atoms with Gasteiger partial charge < -0.3 is 5.11 Å². The first kappa shape index (κ1) is 16.3. The number of rotatable bonds is 5. The Morgan fingerprint density at radius 3 is 2.29 bits per heavy atom. The highest BCUT2D eigenvalue weighted by Gasteiger charge is 2.36. The van der Waals surface area contributed by atoms with Crippen LogP contribution in [0.2, 0.25) is 0 Å². The van der Waals surface area contributed by atoms with E-state index in [1.165, 1.54) is 5.56 Å². The molecule has 1 aliphatic heterocycles. The molecule has 0 spiro atoms. The summed E-state index contributed by atoms with van der Waals surface area (Å²) in [5.74, 6) is 1.12. The van der Waals surface area contributed by atoms with Gasteiger partial charge in [0.15, 0.2) is 0 Å². The van der Waals surface area contributed by atoms with E-state index in [1.54, 1.807) is 0 Å². The van der Waals surface area contributed by atoms with Crippen LogP contribution in [0.25, 0.3) is 0 Å². The number of benzene rings is 1. The summed E-state index contributed by atoms with van der Waals surface area (Å²) in [5.41, 5.74) is 1.21. The quantitative estimate of drug-likeness (QED) is 0.826. The number of nitrogens with zero attached hydrogens (tertiary/aromatic N) is 1. The largest absolute Gasteiger partial charge is 0.394 e. The maximum Gasteiger partial charge on any atom is 0.0628 e. The molecule has 2 nitrogen and oxygen atoms in total. The molecule has 1 aliphatic rings. The Morgan fingerprint density at radius 1 is 1.10 bits per heavy atom. The lowest BCUT2D eigenvalue weighted by atomic mass is 9.86. The van der Waals surface area contributed by atoms with Gasteiger partial charge >= 0.3 is 0 Å². The minimum absolute atomic E-state index is 0.0796. The molecule has 21 heavy (non-hydrogen) atoms. The molecule has 2 rings (SSSR count). The highest BCUT2D eigenvalue weighted by atomic mass is 16.3. The summed E-state index contributed by atoms with van der Waals surface area (Å²) in [4.78, 5) is 2.55. The first-order chi connectivity index (χ1) is 10.1. The Hall–Kier alpha value is -1.12. The van der Waals surface area contributed by atoms with Gasteiger partial charge in [-0.3, -0.25) is 4.90 Å². The molecule has 1 aromatic carbocycles. The van der Waals surface area contributed by atoms with Gasteiger partial charge in [-0.2, -0.15) is 0 Å². The molecule has 2 heteroatoms. The lowest BCUT2D eigenvalue weighted by molar-refractivity contribution is 0.0174. The van der Waals surface area contributed by atoms with Crippen LogP contribution >= 0.6 is 0 Å². The second-order valence-corrected chi connectivity index (χ2v) is 6.77. The Morgan fingerprint density at radius 2 is 1.76 bits per heavy atom. The van der Waals surface area contributed by atoms with Crippen molar-refractivity contribution >= 4 is 0 Å². The highest BCUT2D eigenvalue weighted by Crippen LogP contribution is 2.35. The van der Waals surface area contributed by atoms with Gasteiger partial charge in [0.25, 0.3) is 0 Å². The topological polar surface area (TPSA) is 23.5 Å². The van der Waals surface area contributed by atoms with Crippen molar-refractivity contribution in [1.29, 1.82) is 0 Å². The molecule has 0 aromatic heterocycles. The maximum absolute atomic E-state index is 10.1. The maximum atomic E-state index is 10.1. The van der Waals surface area contributed by atoms with Crippen molar-refractivity contribution in [2.75, 3.05) is 6.61 Å². The van der Waals surface area contributed by atoms with E-state index in [4.69, 9.17) is 0 Å². The molecule has 0 fully saturated rings. The fraction of sp³-hybridized carbons (Fsp3) is 0.579. The molecule has 3 atom stereocenters.